The summed E-state index contributed by atoms with van der Waals surface area (Å²) in [5.74, 6) is -0.336. The lowest BCUT2D eigenvalue weighted by molar-refractivity contribution is 0.112. The molecule has 0 aliphatic carbocycles. The van der Waals surface area contributed by atoms with Crippen LogP contribution in [-0.4, -0.2) is 21.0 Å². The Bertz CT molecular complexity index is 656. The van der Waals surface area contributed by atoms with E-state index in [0.29, 0.717) is 5.02 Å². The fourth-order valence-corrected chi connectivity index (χ4v) is 1.74. The van der Waals surface area contributed by atoms with Crippen LogP contribution in [0.4, 0.5) is 19.4 Å². The van der Waals surface area contributed by atoms with Crippen molar-refractivity contribution < 1.29 is 18.1 Å². The van der Waals surface area contributed by atoms with Crippen LogP contribution in [-0.2, 0) is 6.54 Å². The summed E-state index contributed by atoms with van der Waals surface area (Å²) in [7, 11) is 0. The van der Waals surface area contributed by atoms with Crippen molar-refractivity contribution in [1.29, 1.82) is 0 Å². The van der Waals surface area contributed by atoms with Crippen LogP contribution in [0.5, 0.6) is 0 Å². The number of amides is 2. The van der Waals surface area contributed by atoms with Crippen molar-refractivity contribution in [1.82, 2.24) is 20.3 Å². The topological polar surface area (TPSA) is 85.0 Å². The second-order valence-electron chi connectivity index (χ2n) is 4.73. The van der Waals surface area contributed by atoms with Crippen LogP contribution in [0.15, 0.2) is 16.8 Å². The minimum Gasteiger partial charge on any atom is -0.355 e. The van der Waals surface area contributed by atoms with Crippen molar-refractivity contribution in [3.05, 3.63) is 28.7 Å². The molecule has 120 valence electrons. The Hall–Kier alpha value is -2.16. The highest BCUT2D eigenvalue weighted by Gasteiger charge is 2.15. The lowest BCUT2D eigenvalue weighted by atomic mass is 10.3. The summed E-state index contributed by atoms with van der Waals surface area (Å²) in [6, 6.07) is 0.585. The van der Waals surface area contributed by atoms with E-state index in [9.17, 15) is 13.6 Å². The largest absolute Gasteiger partial charge is 0.355 e. The second-order valence-corrected chi connectivity index (χ2v) is 5.14. The number of rotatable bonds is 5. The number of halogens is 3. The van der Waals surface area contributed by atoms with Gasteiger partial charge in [-0.3, -0.25) is 10.00 Å². The summed E-state index contributed by atoms with van der Waals surface area (Å²) >= 11 is 5.95. The van der Waals surface area contributed by atoms with Gasteiger partial charge in [0.15, 0.2) is 5.82 Å². The van der Waals surface area contributed by atoms with Gasteiger partial charge in [0.25, 0.3) is 6.43 Å². The van der Waals surface area contributed by atoms with Gasteiger partial charge in [0.05, 0.1) is 6.54 Å². The van der Waals surface area contributed by atoms with E-state index in [4.69, 9.17) is 11.6 Å². The zero-order valence-electron chi connectivity index (χ0n) is 11.8. The number of anilines is 1. The van der Waals surface area contributed by atoms with Crippen LogP contribution >= 0.6 is 11.6 Å². The zero-order chi connectivity index (χ0) is 16.3. The third-order valence-corrected chi connectivity index (χ3v) is 2.95. The number of hydrogen-bond donors (Lipinski definition) is 2. The van der Waals surface area contributed by atoms with E-state index in [1.165, 1.54) is 0 Å². The molecule has 0 aliphatic heterocycles. The average molecular weight is 334 g/mol. The van der Waals surface area contributed by atoms with E-state index in [1.807, 2.05) is 13.8 Å². The quantitative estimate of drug-likeness (QED) is 0.878. The molecule has 0 fully saturated rings. The van der Waals surface area contributed by atoms with E-state index < -0.39 is 18.2 Å². The SMILES string of the molecule is CC(C)n1cc(Cl)c(NC(=O)NCc2cc(C(F)F)on2)n1. The summed E-state index contributed by atoms with van der Waals surface area (Å²) in [4.78, 5) is 11.7. The molecule has 2 rings (SSSR count). The van der Waals surface area contributed by atoms with Crippen LogP contribution in [0.3, 0.4) is 0 Å². The van der Waals surface area contributed by atoms with Crippen molar-refractivity contribution in [2.45, 2.75) is 32.9 Å². The number of carbonyl (C=O) groups is 1. The van der Waals surface area contributed by atoms with Crippen LogP contribution in [0.2, 0.25) is 5.02 Å². The molecule has 10 heteroatoms. The number of aromatic nitrogens is 3. The van der Waals surface area contributed by atoms with Gasteiger partial charge in [0, 0.05) is 18.3 Å². The van der Waals surface area contributed by atoms with E-state index >= 15 is 0 Å². The number of alkyl halides is 2. The molecule has 0 atom stereocenters. The molecule has 7 nitrogen and oxygen atoms in total. The van der Waals surface area contributed by atoms with Gasteiger partial charge in [-0.25, -0.2) is 13.6 Å². The normalized spacial score (nSPS) is 11.2. The Morgan fingerprint density at radius 2 is 2.23 bits per heavy atom. The highest BCUT2D eigenvalue weighted by atomic mass is 35.5. The van der Waals surface area contributed by atoms with E-state index in [1.54, 1.807) is 10.9 Å². The first-order valence-corrected chi connectivity index (χ1v) is 6.77. The lowest BCUT2D eigenvalue weighted by Crippen LogP contribution is -2.28. The predicted octanol–water partition coefficient (Wildman–Crippen LogP) is 3.36. The highest BCUT2D eigenvalue weighted by Crippen LogP contribution is 2.21. The molecule has 2 aromatic rings. The number of hydrogen-bond acceptors (Lipinski definition) is 4. The minimum atomic E-state index is -2.74. The molecule has 2 amide bonds. The standard InChI is InChI=1S/C12H14ClF2N5O2/c1-6(2)20-5-8(13)11(18-20)17-12(21)16-4-7-3-9(10(14)15)22-19-7/h3,5-6,10H,4H2,1-2H3,(H2,16,17,18,21). The molecule has 0 spiro atoms. The zero-order valence-corrected chi connectivity index (χ0v) is 12.6. The van der Waals surface area contributed by atoms with Crippen LogP contribution in [0.1, 0.15) is 37.8 Å². The molecule has 0 bridgehead atoms. The van der Waals surface area contributed by atoms with Crippen molar-refractivity contribution in [2.24, 2.45) is 0 Å². The number of nitrogens with zero attached hydrogens (tertiary/aromatic N) is 3. The molecule has 0 radical (unpaired) electrons. The van der Waals surface area contributed by atoms with E-state index in [2.05, 4.69) is 25.4 Å². The first-order valence-electron chi connectivity index (χ1n) is 6.40. The number of urea groups is 1. The fraction of sp³-hybridized carbons (Fsp3) is 0.417. The Morgan fingerprint density at radius 3 is 2.77 bits per heavy atom. The molecular weight excluding hydrogens is 320 g/mol. The summed E-state index contributed by atoms with van der Waals surface area (Å²) in [5.41, 5.74) is 0.184. The van der Waals surface area contributed by atoms with Gasteiger partial charge in [-0.05, 0) is 13.8 Å². The Kier molecular flexibility index (Phi) is 4.96. The van der Waals surface area contributed by atoms with E-state index in [-0.39, 0.29) is 24.1 Å². The van der Waals surface area contributed by atoms with Crippen LogP contribution in [0, 0.1) is 0 Å². The van der Waals surface area contributed by atoms with Gasteiger partial charge in [-0.1, -0.05) is 16.8 Å². The number of carbonyl (C=O) groups excluding carboxylic acids is 1. The summed E-state index contributed by atoms with van der Waals surface area (Å²) in [6.45, 7) is 3.77. The van der Waals surface area contributed by atoms with Gasteiger partial charge in [0.1, 0.15) is 10.7 Å². The third-order valence-electron chi connectivity index (χ3n) is 2.67. The Labute approximate surface area is 129 Å². The summed E-state index contributed by atoms with van der Waals surface area (Å²) in [6.07, 6.45) is -1.15. The van der Waals surface area contributed by atoms with Crippen molar-refractivity contribution >= 4 is 23.4 Å². The van der Waals surface area contributed by atoms with Crippen molar-refractivity contribution in [3.8, 4) is 0 Å². The Morgan fingerprint density at radius 1 is 1.50 bits per heavy atom. The average Bonchev–Trinajstić information content (AvgIpc) is 3.04. The molecule has 2 N–H and O–H groups in total. The second kappa shape index (κ2) is 6.73. The lowest BCUT2D eigenvalue weighted by Gasteiger charge is -2.05. The monoisotopic (exact) mass is 333 g/mol. The van der Waals surface area contributed by atoms with Crippen LogP contribution in [0.25, 0.3) is 0 Å². The number of nitrogens with one attached hydrogen (secondary N) is 2. The molecule has 2 aromatic heterocycles. The van der Waals surface area contributed by atoms with Crippen molar-refractivity contribution in [2.75, 3.05) is 5.32 Å². The fourth-order valence-electron chi connectivity index (χ4n) is 1.56. The maximum absolute atomic E-state index is 12.3. The molecule has 0 saturated heterocycles. The maximum Gasteiger partial charge on any atom is 0.320 e. The van der Waals surface area contributed by atoms with Gasteiger partial charge in [0.2, 0.25) is 5.76 Å². The minimum absolute atomic E-state index is 0.0649. The Balaban J connectivity index is 1.90. The maximum atomic E-state index is 12.3. The molecule has 0 unspecified atom stereocenters. The molecule has 0 aliphatic rings. The smallest absolute Gasteiger partial charge is 0.320 e. The van der Waals surface area contributed by atoms with Gasteiger partial charge in [-0.15, -0.1) is 0 Å². The highest BCUT2D eigenvalue weighted by molar-refractivity contribution is 6.33. The summed E-state index contributed by atoms with van der Waals surface area (Å²) < 4.78 is 30.7. The summed E-state index contributed by atoms with van der Waals surface area (Å²) in [5, 5.41) is 12.7. The molecule has 0 aromatic carbocycles. The molecular formula is C12H14ClF2N5O2. The molecule has 22 heavy (non-hydrogen) atoms. The van der Waals surface area contributed by atoms with Gasteiger partial charge >= 0.3 is 6.03 Å². The predicted molar refractivity (Wildman–Crippen MR) is 74.9 cm³/mol. The third kappa shape index (κ3) is 3.94. The van der Waals surface area contributed by atoms with Gasteiger partial charge in [-0.2, -0.15) is 5.10 Å². The molecule has 0 saturated carbocycles. The first kappa shape index (κ1) is 16.2. The molecule has 2 heterocycles. The van der Waals surface area contributed by atoms with Crippen molar-refractivity contribution in [3.63, 3.8) is 0 Å². The first-order chi connectivity index (χ1) is 10.4. The van der Waals surface area contributed by atoms with E-state index in [0.717, 1.165) is 6.07 Å². The van der Waals surface area contributed by atoms with Crippen LogP contribution < -0.4 is 10.6 Å². The van der Waals surface area contributed by atoms with Gasteiger partial charge < -0.3 is 9.84 Å².